The van der Waals surface area contributed by atoms with Crippen LogP contribution >= 0.6 is 12.6 Å². The Balaban J connectivity index is 2.15. The van der Waals surface area contributed by atoms with Gasteiger partial charge in [-0.2, -0.15) is 12.6 Å². The van der Waals surface area contributed by atoms with E-state index in [1.165, 1.54) is 0 Å². The Morgan fingerprint density at radius 2 is 2.05 bits per heavy atom. The first-order valence-corrected chi connectivity index (χ1v) is 6.62. The van der Waals surface area contributed by atoms with E-state index in [1.807, 2.05) is 30.7 Å². The van der Waals surface area contributed by atoms with Crippen LogP contribution in [0.25, 0.3) is 10.9 Å². The lowest BCUT2D eigenvalue weighted by atomic mass is 10.2. The standard InChI is InChI=1S/C13H13N5OS/c1-7-16-17-12(18(7)2)10(20)11-14-9-6-4-3-5-8(9)13(19)15-11/h3-6,10,20H,1-2H3,(H,14,15,19). The monoisotopic (exact) mass is 287 g/mol. The Bertz CT molecular complexity index is 838. The molecule has 20 heavy (non-hydrogen) atoms. The largest absolute Gasteiger partial charge is 0.317 e. The van der Waals surface area contributed by atoms with Gasteiger partial charge in [0, 0.05) is 7.05 Å². The molecule has 0 saturated carbocycles. The number of nitrogens with zero attached hydrogens (tertiary/aromatic N) is 4. The fourth-order valence-corrected chi connectivity index (χ4v) is 2.37. The van der Waals surface area contributed by atoms with Gasteiger partial charge in [0.1, 0.15) is 16.9 Å². The summed E-state index contributed by atoms with van der Waals surface area (Å²) in [5.74, 6) is 1.89. The van der Waals surface area contributed by atoms with Crippen LogP contribution in [0.3, 0.4) is 0 Å². The van der Waals surface area contributed by atoms with Crippen LogP contribution < -0.4 is 5.56 Å². The first kappa shape index (κ1) is 12.9. The summed E-state index contributed by atoms with van der Waals surface area (Å²) in [6.07, 6.45) is 0. The van der Waals surface area contributed by atoms with E-state index < -0.39 is 5.25 Å². The van der Waals surface area contributed by atoms with Crippen molar-refractivity contribution in [1.29, 1.82) is 0 Å². The topological polar surface area (TPSA) is 76.5 Å². The molecule has 6 nitrogen and oxygen atoms in total. The average molecular weight is 287 g/mol. The van der Waals surface area contributed by atoms with Gasteiger partial charge in [0.25, 0.3) is 5.56 Å². The highest BCUT2D eigenvalue weighted by Crippen LogP contribution is 2.24. The van der Waals surface area contributed by atoms with Crippen molar-refractivity contribution in [2.75, 3.05) is 0 Å². The van der Waals surface area contributed by atoms with Crippen LogP contribution in [-0.4, -0.2) is 24.7 Å². The second kappa shape index (κ2) is 4.75. The number of H-pyrrole nitrogens is 1. The van der Waals surface area contributed by atoms with Crippen LogP contribution in [0, 0.1) is 6.92 Å². The number of aryl methyl sites for hydroxylation is 1. The van der Waals surface area contributed by atoms with E-state index in [9.17, 15) is 4.79 Å². The minimum absolute atomic E-state index is 0.177. The zero-order valence-electron chi connectivity index (χ0n) is 11.0. The highest BCUT2D eigenvalue weighted by atomic mass is 32.1. The lowest BCUT2D eigenvalue weighted by Crippen LogP contribution is -2.15. The van der Waals surface area contributed by atoms with Crippen molar-refractivity contribution in [2.24, 2.45) is 7.05 Å². The summed E-state index contributed by atoms with van der Waals surface area (Å²) in [5, 5.41) is 8.20. The normalized spacial score (nSPS) is 12.8. The maximum atomic E-state index is 12.1. The van der Waals surface area contributed by atoms with Gasteiger partial charge in [-0.1, -0.05) is 12.1 Å². The molecular formula is C13H13N5OS. The molecule has 0 amide bonds. The molecule has 2 heterocycles. The minimum Gasteiger partial charge on any atom is -0.317 e. The maximum absolute atomic E-state index is 12.1. The smallest absolute Gasteiger partial charge is 0.258 e. The molecule has 0 aliphatic heterocycles. The third-order valence-corrected chi connectivity index (χ3v) is 3.74. The number of thiol groups is 1. The fourth-order valence-electron chi connectivity index (χ4n) is 2.02. The molecule has 0 aliphatic carbocycles. The van der Waals surface area contributed by atoms with Crippen LogP contribution in [0.15, 0.2) is 29.1 Å². The van der Waals surface area contributed by atoms with E-state index in [4.69, 9.17) is 0 Å². The fraction of sp³-hybridized carbons (Fsp3) is 0.231. The Hall–Kier alpha value is -2.15. The molecule has 1 aromatic carbocycles. The van der Waals surface area contributed by atoms with E-state index in [2.05, 4.69) is 32.8 Å². The van der Waals surface area contributed by atoms with Crippen molar-refractivity contribution in [3.63, 3.8) is 0 Å². The zero-order valence-corrected chi connectivity index (χ0v) is 11.9. The van der Waals surface area contributed by atoms with Crippen LogP contribution in [0.5, 0.6) is 0 Å². The van der Waals surface area contributed by atoms with Crippen molar-refractivity contribution in [1.82, 2.24) is 24.7 Å². The van der Waals surface area contributed by atoms with E-state index in [-0.39, 0.29) is 5.56 Å². The number of aromatic amines is 1. The Labute approximate surface area is 120 Å². The maximum Gasteiger partial charge on any atom is 0.258 e. The summed E-state index contributed by atoms with van der Waals surface area (Å²) in [6.45, 7) is 1.85. The van der Waals surface area contributed by atoms with Gasteiger partial charge in [0.2, 0.25) is 0 Å². The summed E-state index contributed by atoms with van der Waals surface area (Å²) in [6, 6.07) is 7.20. The Kier molecular flexibility index (Phi) is 3.06. The molecule has 0 aliphatic rings. The molecule has 1 atom stereocenters. The van der Waals surface area contributed by atoms with Crippen LogP contribution in [0.4, 0.5) is 0 Å². The van der Waals surface area contributed by atoms with Crippen LogP contribution in [0.2, 0.25) is 0 Å². The zero-order chi connectivity index (χ0) is 14.3. The summed E-state index contributed by atoms with van der Waals surface area (Å²) in [7, 11) is 1.85. The second-order valence-electron chi connectivity index (χ2n) is 4.54. The van der Waals surface area contributed by atoms with Gasteiger partial charge in [-0.3, -0.25) is 4.79 Å². The molecule has 0 fully saturated rings. The molecule has 0 radical (unpaired) electrons. The van der Waals surface area contributed by atoms with Crippen molar-refractivity contribution in [3.8, 4) is 0 Å². The predicted octanol–water partition coefficient (Wildman–Crippen LogP) is 1.38. The van der Waals surface area contributed by atoms with Crippen LogP contribution in [0.1, 0.15) is 22.7 Å². The number of para-hydroxylation sites is 1. The Morgan fingerprint density at radius 3 is 2.75 bits per heavy atom. The van der Waals surface area contributed by atoms with E-state index in [1.54, 1.807) is 12.1 Å². The quantitative estimate of drug-likeness (QED) is 0.698. The van der Waals surface area contributed by atoms with Gasteiger partial charge in [0.15, 0.2) is 5.82 Å². The molecule has 0 bridgehead atoms. The van der Waals surface area contributed by atoms with E-state index >= 15 is 0 Å². The first-order valence-electron chi connectivity index (χ1n) is 6.11. The highest BCUT2D eigenvalue weighted by Gasteiger charge is 2.19. The predicted molar refractivity (Wildman–Crippen MR) is 78.9 cm³/mol. The number of aromatic nitrogens is 5. The van der Waals surface area contributed by atoms with E-state index in [0.717, 1.165) is 5.82 Å². The molecule has 102 valence electrons. The molecule has 2 aromatic heterocycles. The van der Waals surface area contributed by atoms with Gasteiger partial charge >= 0.3 is 0 Å². The van der Waals surface area contributed by atoms with Gasteiger partial charge in [-0.05, 0) is 19.1 Å². The molecule has 7 heteroatoms. The van der Waals surface area contributed by atoms with Gasteiger partial charge in [-0.25, -0.2) is 4.98 Å². The van der Waals surface area contributed by atoms with Gasteiger partial charge in [-0.15, -0.1) is 10.2 Å². The number of benzene rings is 1. The number of hydrogen-bond donors (Lipinski definition) is 2. The number of fused-ring (bicyclic) bond motifs is 1. The summed E-state index contributed by atoms with van der Waals surface area (Å²) < 4.78 is 1.83. The molecule has 1 N–H and O–H groups in total. The third kappa shape index (κ3) is 2.00. The molecular weight excluding hydrogens is 274 g/mol. The Morgan fingerprint density at radius 1 is 1.30 bits per heavy atom. The third-order valence-electron chi connectivity index (χ3n) is 3.26. The summed E-state index contributed by atoms with van der Waals surface area (Å²) >= 11 is 4.51. The minimum atomic E-state index is -0.432. The van der Waals surface area contributed by atoms with Gasteiger partial charge < -0.3 is 9.55 Å². The average Bonchev–Trinajstić information content (AvgIpc) is 2.78. The molecule has 0 spiro atoms. The molecule has 1 unspecified atom stereocenters. The van der Waals surface area contributed by atoms with Crippen LogP contribution in [-0.2, 0) is 7.05 Å². The highest BCUT2D eigenvalue weighted by molar-refractivity contribution is 7.80. The van der Waals surface area contributed by atoms with Crippen molar-refractivity contribution >= 4 is 23.5 Å². The van der Waals surface area contributed by atoms with E-state index in [0.29, 0.717) is 22.6 Å². The first-order chi connectivity index (χ1) is 9.58. The number of nitrogens with one attached hydrogen (secondary N) is 1. The summed E-state index contributed by atoms with van der Waals surface area (Å²) in [5.41, 5.74) is 0.465. The van der Waals surface area contributed by atoms with Crippen molar-refractivity contribution in [3.05, 3.63) is 52.1 Å². The van der Waals surface area contributed by atoms with Gasteiger partial charge in [0.05, 0.1) is 10.9 Å². The lowest BCUT2D eigenvalue weighted by Gasteiger charge is -2.10. The van der Waals surface area contributed by atoms with Crippen molar-refractivity contribution < 1.29 is 0 Å². The number of rotatable bonds is 2. The molecule has 3 aromatic rings. The molecule has 0 saturated heterocycles. The number of hydrogen-bond acceptors (Lipinski definition) is 5. The lowest BCUT2D eigenvalue weighted by molar-refractivity contribution is 0.770. The van der Waals surface area contributed by atoms with Crippen molar-refractivity contribution in [2.45, 2.75) is 12.2 Å². The summed E-state index contributed by atoms with van der Waals surface area (Å²) in [4.78, 5) is 19.3. The SMILES string of the molecule is Cc1nnc(C(S)c2nc3ccccc3c(=O)[nH]2)n1C. The molecule has 3 rings (SSSR count). The second-order valence-corrected chi connectivity index (χ2v) is 5.05.